The van der Waals surface area contributed by atoms with Crippen molar-refractivity contribution in [2.45, 2.75) is 30.7 Å². The lowest BCUT2D eigenvalue weighted by molar-refractivity contribution is 0.0454. The maximum absolute atomic E-state index is 10.9. The maximum atomic E-state index is 10.9. The molecule has 0 unspecified atom stereocenters. The Morgan fingerprint density at radius 3 is 2.83 bits per heavy atom. The minimum Gasteiger partial charge on any atom is -0.504 e. The number of phenols is 1. The molecular weight excluding hydrogens is 290 g/mol. The Bertz CT molecular complexity index is 669. The topological polar surface area (TPSA) is 41.9 Å². The average molecular weight is 314 g/mol. The van der Waals surface area contributed by atoms with E-state index in [2.05, 4.69) is 30.5 Å². The standard InChI is InChI=1S/C19H24NO3/c1-20-9-8-19-7-6-13(22-2)11-14(19)15(20)10-12-4-5-16(23-3)18(21)17(12)19/h4-6,11,14-15,21H,7-10H2,1-3H3/t14-,15+,19+/m0/s1. The van der Waals surface area contributed by atoms with E-state index in [4.69, 9.17) is 9.47 Å². The summed E-state index contributed by atoms with van der Waals surface area (Å²) in [6, 6.07) is 4.49. The van der Waals surface area contributed by atoms with Gasteiger partial charge in [-0.3, -0.25) is 0 Å². The van der Waals surface area contributed by atoms with Gasteiger partial charge in [0.2, 0.25) is 0 Å². The summed E-state index contributed by atoms with van der Waals surface area (Å²) < 4.78 is 10.9. The summed E-state index contributed by atoms with van der Waals surface area (Å²) in [5.41, 5.74) is 2.33. The SMILES string of the molecule is COC1=C[C@H]2[C@H]3Cc4ccc(OC)c(O)c4[C@]2(C[CH]1)CCN3C. The second-order valence-corrected chi connectivity index (χ2v) is 7.02. The fraction of sp³-hybridized carbons (Fsp3) is 0.526. The Kier molecular flexibility index (Phi) is 3.34. The number of aromatic hydroxyl groups is 1. The highest BCUT2D eigenvalue weighted by atomic mass is 16.5. The third-order valence-corrected chi connectivity index (χ3v) is 6.15. The lowest BCUT2D eigenvalue weighted by atomic mass is 9.53. The molecule has 3 aliphatic rings. The number of hydrogen-bond acceptors (Lipinski definition) is 4. The fourth-order valence-electron chi connectivity index (χ4n) is 4.94. The van der Waals surface area contributed by atoms with Crippen molar-refractivity contribution in [3.8, 4) is 11.5 Å². The van der Waals surface area contributed by atoms with E-state index < -0.39 is 0 Å². The van der Waals surface area contributed by atoms with Crippen LogP contribution in [0.25, 0.3) is 0 Å². The van der Waals surface area contributed by atoms with Gasteiger partial charge in [-0.15, -0.1) is 0 Å². The number of allylic oxidation sites excluding steroid dienone is 1. The molecule has 1 heterocycles. The minimum absolute atomic E-state index is 0.0363. The zero-order chi connectivity index (χ0) is 16.2. The first-order chi connectivity index (χ1) is 11.1. The normalized spacial score (nSPS) is 32.6. The predicted molar refractivity (Wildman–Crippen MR) is 88.6 cm³/mol. The molecular formula is C19H24NO3. The number of phenolic OH excluding ortho intramolecular Hbond substituents is 1. The molecule has 1 N–H and O–H groups in total. The Hall–Kier alpha value is -1.68. The first-order valence-corrected chi connectivity index (χ1v) is 8.29. The Labute approximate surface area is 137 Å². The van der Waals surface area contributed by atoms with Gasteiger partial charge in [-0.25, -0.2) is 0 Å². The summed E-state index contributed by atoms with van der Waals surface area (Å²) in [5, 5.41) is 10.9. The Morgan fingerprint density at radius 2 is 2.09 bits per heavy atom. The fourth-order valence-corrected chi connectivity index (χ4v) is 4.94. The van der Waals surface area contributed by atoms with Gasteiger partial charge in [-0.05, 0) is 50.6 Å². The monoisotopic (exact) mass is 314 g/mol. The summed E-state index contributed by atoms with van der Waals surface area (Å²) >= 11 is 0. The van der Waals surface area contributed by atoms with Gasteiger partial charge in [0.05, 0.1) is 20.0 Å². The molecule has 123 valence electrons. The van der Waals surface area contributed by atoms with Crippen LogP contribution < -0.4 is 4.74 Å². The number of likely N-dealkylation sites (tertiary alicyclic amines) is 1. The second-order valence-electron chi connectivity index (χ2n) is 7.02. The summed E-state index contributed by atoms with van der Waals surface area (Å²) in [4.78, 5) is 2.46. The quantitative estimate of drug-likeness (QED) is 0.911. The van der Waals surface area contributed by atoms with Gasteiger partial charge in [0.1, 0.15) is 0 Å². The summed E-state index contributed by atoms with van der Waals surface area (Å²) in [6.07, 6.45) is 7.36. The first kappa shape index (κ1) is 14.9. The molecule has 0 spiro atoms. The third kappa shape index (κ3) is 1.94. The van der Waals surface area contributed by atoms with Crippen LogP contribution in [-0.4, -0.2) is 43.9 Å². The smallest absolute Gasteiger partial charge is 0.161 e. The molecule has 0 saturated carbocycles. The number of methoxy groups -OCH3 is 2. The van der Waals surface area contributed by atoms with E-state index in [0.29, 0.717) is 23.5 Å². The van der Waals surface area contributed by atoms with Crippen LogP contribution in [-0.2, 0) is 16.6 Å². The number of likely N-dealkylation sites (N-methyl/N-ethyl adjacent to an activating group) is 1. The number of hydrogen-bond donors (Lipinski definition) is 1. The molecule has 1 radical (unpaired) electrons. The van der Waals surface area contributed by atoms with E-state index in [1.54, 1.807) is 14.2 Å². The van der Waals surface area contributed by atoms with Crippen LogP contribution in [0.4, 0.5) is 0 Å². The van der Waals surface area contributed by atoms with Gasteiger partial charge in [0.15, 0.2) is 11.5 Å². The van der Waals surface area contributed by atoms with Gasteiger partial charge in [0.25, 0.3) is 0 Å². The number of ether oxygens (including phenoxy) is 2. The summed E-state index contributed by atoms with van der Waals surface area (Å²) in [7, 11) is 5.56. The van der Waals surface area contributed by atoms with Crippen LogP contribution in [0.2, 0.25) is 0 Å². The molecule has 3 atom stereocenters. The van der Waals surface area contributed by atoms with E-state index in [1.165, 1.54) is 5.56 Å². The zero-order valence-corrected chi connectivity index (χ0v) is 14.0. The van der Waals surface area contributed by atoms with Crippen molar-refractivity contribution in [1.82, 2.24) is 4.90 Å². The Morgan fingerprint density at radius 1 is 1.26 bits per heavy atom. The van der Waals surface area contributed by atoms with Gasteiger partial charge in [0, 0.05) is 29.4 Å². The molecule has 2 aliphatic carbocycles. The zero-order valence-electron chi connectivity index (χ0n) is 14.0. The average Bonchev–Trinajstić information content (AvgIpc) is 2.57. The highest BCUT2D eigenvalue weighted by Crippen LogP contribution is 2.57. The largest absolute Gasteiger partial charge is 0.504 e. The van der Waals surface area contributed by atoms with Crippen molar-refractivity contribution in [2.24, 2.45) is 5.92 Å². The molecule has 1 aromatic rings. The lowest BCUT2D eigenvalue weighted by Crippen LogP contribution is -2.59. The molecule has 4 heteroatoms. The molecule has 1 saturated heterocycles. The second kappa shape index (κ2) is 5.17. The van der Waals surface area contributed by atoms with Gasteiger partial charge in [-0.1, -0.05) is 6.07 Å². The van der Waals surface area contributed by atoms with Crippen LogP contribution in [0.15, 0.2) is 24.0 Å². The highest BCUT2D eigenvalue weighted by molar-refractivity contribution is 5.57. The lowest BCUT2D eigenvalue weighted by Gasteiger charge is -2.57. The molecule has 4 rings (SSSR count). The van der Waals surface area contributed by atoms with Crippen molar-refractivity contribution in [2.75, 3.05) is 27.8 Å². The molecule has 23 heavy (non-hydrogen) atoms. The molecule has 0 aromatic heterocycles. The van der Waals surface area contributed by atoms with Crippen molar-refractivity contribution in [3.05, 3.63) is 41.5 Å². The number of piperidine rings is 1. The molecule has 4 nitrogen and oxygen atoms in total. The van der Waals surface area contributed by atoms with Gasteiger partial charge in [-0.2, -0.15) is 0 Å². The van der Waals surface area contributed by atoms with E-state index in [9.17, 15) is 5.11 Å². The molecule has 1 aliphatic heterocycles. The van der Waals surface area contributed by atoms with E-state index in [0.717, 1.165) is 37.1 Å². The van der Waals surface area contributed by atoms with Crippen molar-refractivity contribution < 1.29 is 14.6 Å². The first-order valence-electron chi connectivity index (χ1n) is 8.29. The van der Waals surface area contributed by atoms with Crippen molar-refractivity contribution >= 4 is 0 Å². The van der Waals surface area contributed by atoms with Gasteiger partial charge < -0.3 is 19.5 Å². The van der Waals surface area contributed by atoms with Crippen molar-refractivity contribution in [1.29, 1.82) is 0 Å². The van der Waals surface area contributed by atoms with Crippen molar-refractivity contribution in [3.63, 3.8) is 0 Å². The van der Waals surface area contributed by atoms with Gasteiger partial charge >= 0.3 is 0 Å². The molecule has 2 bridgehead atoms. The van der Waals surface area contributed by atoms with E-state index >= 15 is 0 Å². The van der Waals surface area contributed by atoms with Crippen LogP contribution in [0, 0.1) is 12.3 Å². The number of benzene rings is 1. The van der Waals surface area contributed by atoms with Crippen LogP contribution in [0.5, 0.6) is 11.5 Å². The van der Waals surface area contributed by atoms with Crippen LogP contribution in [0.3, 0.4) is 0 Å². The Balaban J connectivity index is 1.93. The molecule has 1 fully saturated rings. The predicted octanol–water partition coefficient (Wildman–Crippen LogP) is 2.65. The molecule has 1 aromatic carbocycles. The van der Waals surface area contributed by atoms with Crippen LogP contribution in [0.1, 0.15) is 24.0 Å². The van der Waals surface area contributed by atoms with E-state index in [-0.39, 0.29) is 5.41 Å². The summed E-state index contributed by atoms with van der Waals surface area (Å²) in [5.74, 6) is 2.25. The number of rotatable bonds is 2. The minimum atomic E-state index is -0.0363. The maximum Gasteiger partial charge on any atom is 0.161 e. The number of fused-ring (bicyclic) bond motifs is 1. The third-order valence-electron chi connectivity index (χ3n) is 6.15. The highest BCUT2D eigenvalue weighted by Gasteiger charge is 2.54. The van der Waals surface area contributed by atoms with Crippen LogP contribution >= 0.6 is 0 Å². The summed E-state index contributed by atoms with van der Waals surface area (Å²) in [6.45, 7) is 1.06. The molecule has 0 amide bonds. The van der Waals surface area contributed by atoms with E-state index in [1.807, 2.05) is 6.07 Å². The number of nitrogens with zero attached hydrogens (tertiary/aromatic N) is 1.